The highest BCUT2D eigenvalue weighted by atomic mass is 16.2. The van der Waals surface area contributed by atoms with Gasteiger partial charge in [0.2, 0.25) is 6.17 Å². The summed E-state index contributed by atoms with van der Waals surface area (Å²) in [7, 11) is 1.76. The van der Waals surface area contributed by atoms with Gasteiger partial charge in [0, 0.05) is 13.0 Å². The molecule has 2 aromatic rings. The summed E-state index contributed by atoms with van der Waals surface area (Å²) in [4.78, 5) is 33.0. The normalized spacial score (nSPS) is 21.6. The van der Waals surface area contributed by atoms with Crippen LogP contribution in [0.1, 0.15) is 37.5 Å². The molecule has 1 aliphatic heterocycles. The predicted molar refractivity (Wildman–Crippen MR) is 141 cm³/mol. The van der Waals surface area contributed by atoms with Gasteiger partial charge < -0.3 is 15.5 Å². The van der Waals surface area contributed by atoms with Crippen LogP contribution in [0.5, 0.6) is 0 Å². The Morgan fingerprint density at radius 3 is 2.49 bits per heavy atom. The van der Waals surface area contributed by atoms with Crippen molar-refractivity contribution in [3.63, 3.8) is 0 Å². The molecule has 0 saturated heterocycles. The molecule has 0 spiro atoms. The predicted octanol–water partition coefficient (Wildman–Crippen LogP) is 4.65. The van der Waals surface area contributed by atoms with E-state index in [1.807, 2.05) is 93.6 Å². The summed E-state index contributed by atoms with van der Waals surface area (Å²) in [6.45, 7) is 9.81. The molecule has 2 aromatic carbocycles. The minimum Gasteiger partial charge on any atom is -0.335 e. The molecule has 1 heterocycles. The average Bonchev–Trinajstić information content (AvgIpc) is 2.95. The van der Waals surface area contributed by atoms with E-state index in [1.165, 1.54) is 0 Å². The number of carbonyl (C=O) groups excluding carboxylic acids is 2. The Hall–Kier alpha value is -3.93. The number of nitrogens with zero attached hydrogens (tertiary/aromatic N) is 2. The fourth-order valence-electron chi connectivity index (χ4n) is 4.50. The van der Waals surface area contributed by atoms with Crippen molar-refractivity contribution in [3.05, 3.63) is 102 Å². The minimum atomic E-state index is -1.04. The van der Waals surface area contributed by atoms with Crippen LogP contribution >= 0.6 is 0 Å². The van der Waals surface area contributed by atoms with Crippen molar-refractivity contribution < 1.29 is 9.59 Å². The van der Waals surface area contributed by atoms with Crippen molar-refractivity contribution in [3.8, 4) is 0 Å². The molecule has 35 heavy (non-hydrogen) atoms. The number of aliphatic imine (C=N–C) groups is 1. The largest absolute Gasteiger partial charge is 0.335 e. The summed E-state index contributed by atoms with van der Waals surface area (Å²) >= 11 is 0. The van der Waals surface area contributed by atoms with Crippen LogP contribution in [0.15, 0.2) is 90.5 Å². The molecule has 6 heteroatoms. The second-order valence-electron chi connectivity index (χ2n) is 9.60. The van der Waals surface area contributed by atoms with E-state index in [4.69, 9.17) is 4.99 Å². The van der Waals surface area contributed by atoms with Gasteiger partial charge in [-0.05, 0) is 43.5 Å². The first-order valence-electron chi connectivity index (χ1n) is 11.8. The molecular formula is C29H32N4O2. The lowest BCUT2D eigenvalue weighted by atomic mass is 9.86. The third kappa shape index (κ3) is 5.11. The average molecular weight is 469 g/mol. The van der Waals surface area contributed by atoms with Crippen LogP contribution in [0.4, 0.5) is 4.79 Å². The first-order chi connectivity index (χ1) is 16.7. The Morgan fingerprint density at radius 2 is 1.77 bits per heavy atom. The molecule has 4 rings (SSSR count). The van der Waals surface area contributed by atoms with Crippen molar-refractivity contribution in [2.75, 3.05) is 7.05 Å². The monoisotopic (exact) mass is 468 g/mol. The van der Waals surface area contributed by atoms with Crippen molar-refractivity contribution in [2.45, 2.75) is 38.5 Å². The number of likely N-dealkylation sites (N-methyl/N-ethyl adjacent to an activating group) is 1. The Balaban J connectivity index is 1.61. The van der Waals surface area contributed by atoms with Crippen LogP contribution in [0.3, 0.4) is 0 Å². The molecule has 6 nitrogen and oxygen atoms in total. The molecule has 0 fully saturated rings. The van der Waals surface area contributed by atoms with Crippen LogP contribution in [-0.2, 0) is 10.3 Å². The molecular weight excluding hydrogens is 436 g/mol. The molecule has 3 unspecified atom stereocenters. The first kappa shape index (κ1) is 24.2. The fraction of sp³-hybridized carbons (Fsp3) is 0.276. The van der Waals surface area contributed by atoms with Gasteiger partial charge in [-0.1, -0.05) is 85.0 Å². The number of allylic oxidation sites excluding steroid dienone is 3. The number of benzene rings is 2. The van der Waals surface area contributed by atoms with E-state index in [1.54, 1.807) is 11.9 Å². The maximum Gasteiger partial charge on any atom is 0.317 e. The van der Waals surface area contributed by atoms with Gasteiger partial charge in [0.25, 0.3) is 5.91 Å². The molecule has 0 radical (unpaired) electrons. The highest BCUT2D eigenvalue weighted by Crippen LogP contribution is 2.27. The smallest absolute Gasteiger partial charge is 0.317 e. The number of nitrogens with one attached hydrogen (secondary N) is 2. The van der Waals surface area contributed by atoms with Gasteiger partial charge >= 0.3 is 6.03 Å². The van der Waals surface area contributed by atoms with Crippen LogP contribution in [0.25, 0.3) is 5.57 Å². The van der Waals surface area contributed by atoms with Gasteiger partial charge in [0.1, 0.15) is 0 Å². The van der Waals surface area contributed by atoms with E-state index >= 15 is 0 Å². The van der Waals surface area contributed by atoms with E-state index in [2.05, 4.69) is 23.3 Å². The van der Waals surface area contributed by atoms with Crippen LogP contribution < -0.4 is 10.6 Å². The second-order valence-corrected chi connectivity index (χ2v) is 9.60. The van der Waals surface area contributed by atoms with Gasteiger partial charge in [0.15, 0.2) is 0 Å². The Morgan fingerprint density at radius 1 is 1.06 bits per heavy atom. The van der Waals surface area contributed by atoms with Crippen LogP contribution in [0.2, 0.25) is 0 Å². The summed E-state index contributed by atoms with van der Waals surface area (Å²) in [5.74, 6) is -0.365. The Kier molecular flexibility index (Phi) is 6.74. The van der Waals surface area contributed by atoms with Crippen molar-refractivity contribution in [2.24, 2.45) is 10.9 Å². The van der Waals surface area contributed by atoms with Gasteiger partial charge in [-0.25, -0.2) is 4.79 Å². The van der Waals surface area contributed by atoms with Gasteiger partial charge in [0.05, 0.1) is 17.3 Å². The quantitative estimate of drug-likeness (QED) is 0.670. The second kappa shape index (κ2) is 9.74. The lowest BCUT2D eigenvalue weighted by molar-refractivity contribution is -0.132. The lowest BCUT2D eigenvalue weighted by Gasteiger charge is -2.31. The molecule has 3 amide bonds. The molecule has 2 N–H and O–H groups in total. The summed E-state index contributed by atoms with van der Waals surface area (Å²) < 4.78 is 0. The summed E-state index contributed by atoms with van der Waals surface area (Å²) in [5.41, 5.74) is 3.92. The molecule has 0 saturated carbocycles. The SMILES string of the molecule is C=C(C)c1cccc(C(C)(C)NC(=O)NC2N=C(c3ccccc3)C3C=CC=CC3N(C)C2=O)c1. The van der Waals surface area contributed by atoms with Crippen LogP contribution in [-0.4, -0.2) is 41.8 Å². The summed E-state index contributed by atoms with van der Waals surface area (Å²) in [6, 6.07) is 17.1. The van der Waals surface area contributed by atoms with Gasteiger partial charge in [-0.3, -0.25) is 9.79 Å². The number of hydrogen-bond acceptors (Lipinski definition) is 3. The zero-order valence-electron chi connectivity index (χ0n) is 20.7. The fourth-order valence-corrected chi connectivity index (χ4v) is 4.50. The number of urea groups is 1. The number of fused-ring (bicyclic) bond motifs is 1. The van der Waals surface area contributed by atoms with E-state index < -0.39 is 17.7 Å². The Labute approximate surface area is 207 Å². The highest BCUT2D eigenvalue weighted by Gasteiger charge is 2.38. The number of carbonyl (C=O) groups is 2. The third-order valence-electron chi connectivity index (χ3n) is 6.56. The maximum atomic E-state index is 13.4. The molecule has 180 valence electrons. The zero-order valence-corrected chi connectivity index (χ0v) is 20.7. The third-order valence-corrected chi connectivity index (χ3v) is 6.56. The maximum absolute atomic E-state index is 13.4. The van der Waals surface area contributed by atoms with E-state index in [0.29, 0.717) is 0 Å². The zero-order chi connectivity index (χ0) is 25.2. The minimum absolute atomic E-state index is 0.104. The van der Waals surface area contributed by atoms with Crippen molar-refractivity contribution in [1.29, 1.82) is 0 Å². The van der Waals surface area contributed by atoms with Crippen molar-refractivity contribution in [1.82, 2.24) is 15.5 Å². The van der Waals surface area contributed by atoms with Gasteiger partial charge in [-0.15, -0.1) is 0 Å². The van der Waals surface area contributed by atoms with E-state index in [9.17, 15) is 9.59 Å². The molecule has 0 aromatic heterocycles. The summed E-state index contributed by atoms with van der Waals surface area (Å²) in [5, 5.41) is 5.83. The summed E-state index contributed by atoms with van der Waals surface area (Å²) in [6.07, 6.45) is 6.93. The topological polar surface area (TPSA) is 73.8 Å². The van der Waals surface area contributed by atoms with E-state index in [-0.39, 0.29) is 17.9 Å². The lowest BCUT2D eigenvalue weighted by Crippen LogP contribution is -2.54. The standard InChI is InChI=1S/C29H32N4O2/c1-19(2)21-14-11-15-22(18-21)29(3,4)32-28(35)31-26-27(34)33(5)24-17-10-9-16-23(24)25(30-26)20-12-7-6-8-13-20/h6-18,23-24,26H,1H2,2-5H3,(H2,31,32,35). The Bertz CT molecular complexity index is 1230. The molecule has 0 bridgehead atoms. The number of amides is 3. The molecule has 1 aliphatic carbocycles. The van der Waals surface area contributed by atoms with Crippen LogP contribution in [0, 0.1) is 5.92 Å². The van der Waals surface area contributed by atoms with E-state index in [0.717, 1.165) is 28.0 Å². The first-order valence-corrected chi connectivity index (χ1v) is 11.8. The van der Waals surface area contributed by atoms with Crippen molar-refractivity contribution >= 4 is 23.2 Å². The number of hydrogen-bond donors (Lipinski definition) is 2. The van der Waals surface area contributed by atoms with Gasteiger partial charge in [-0.2, -0.15) is 0 Å². The highest BCUT2D eigenvalue weighted by molar-refractivity contribution is 6.06. The number of rotatable bonds is 5. The molecule has 3 atom stereocenters. The molecule has 2 aliphatic rings.